The molecule has 0 aliphatic carbocycles. The Morgan fingerprint density at radius 2 is 1.86 bits per heavy atom. The Hall–Kier alpha value is -0.910. The predicted octanol–water partition coefficient (Wildman–Crippen LogP) is 3.15. The van der Waals surface area contributed by atoms with E-state index in [1.54, 1.807) is 0 Å². The SMILES string of the molecule is CSc1c(F)ccc(N)c1C(F)(F)F. The molecule has 0 spiro atoms. The van der Waals surface area contributed by atoms with Crippen LogP contribution < -0.4 is 5.73 Å². The summed E-state index contributed by atoms with van der Waals surface area (Å²) in [6.07, 6.45) is -3.25. The number of rotatable bonds is 1. The smallest absolute Gasteiger partial charge is 0.398 e. The number of benzene rings is 1. The van der Waals surface area contributed by atoms with Crippen LogP contribution in [0.2, 0.25) is 0 Å². The van der Waals surface area contributed by atoms with Crippen molar-refractivity contribution in [3.8, 4) is 0 Å². The van der Waals surface area contributed by atoms with Gasteiger partial charge in [0.15, 0.2) is 0 Å². The summed E-state index contributed by atoms with van der Waals surface area (Å²) in [5.41, 5.74) is 3.60. The number of hydrogen-bond acceptors (Lipinski definition) is 2. The molecule has 14 heavy (non-hydrogen) atoms. The minimum atomic E-state index is -4.62. The average Bonchev–Trinajstić information content (AvgIpc) is 2.06. The van der Waals surface area contributed by atoms with Crippen molar-refractivity contribution in [1.82, 2.24) is 0 Å². The summed E-state index contributed by atoms with van der Waals surface area (Å²) in [5, 5.41) is 0. The molecule has 1 aromatic carbocycles. The van der Waals surface area contributed by atoms with Crippen LogP contribution in [0, 0.1) is 5.82 Å². The summed E-state index contributed by atoms with van der Waals surface area (Å²) in [5.74, 6) is -0.904. The van der Waals surface area contributed by atoms with Crippen molar-refractivity contribution in [2.75, 3.05) is 12.0 Å². The molecule has 0 aromatic heterocycles. The van der Waals surface area contributed by atoms with Crippen LogP contribution in [0.5, 0.6) is 0 Å². The maximum atomic E-state index is 13.0. The summed E-state index contributed by atoms with van der Waals surface area (Å²) in [7, 11) is 0. The van der Waals surface area contributed by atoms with E-state index in [9.17, 15) is 17.6 Å². The van der Waals surface area contributed by atoms with Crippen LogP contribution in [-0.4, -0.2) is 6.26 Å². The summed E-state index contributed by atoms with van der Waals surface area (Å²) in [6.45, 7) is 0. The summed E-state index contributed by atoms with van der Waals surface area (Å²) in [4.78, 5) is -0.461. The third-order valence-electron chi connectivity index (χ3n) is 1.63. The van der Waals surface area contributed by atoms with E-state index in [1.165, 1.54) is 6.26 Å². The van der Waals surface area contributed by atoms with Crippen molar-refractivity contribution in [2.45, 2.75) is 11.1 Å². The lowest BCUT2D eigenvalue weighted by Crippen LogP contribution is -2.11. The molecular formula is C8H7F4NS. The van der Waals surface area contributed by atoms with Crippen LogP contribution in [0.25, 0.3) is 0 Å². The molecule has 0 atom stereocenters. The normalized spacial score (nSPS) is 11.8. The average molecular weight is 225 g/mol. The number of anilines is 1. The van der Waals surface area contributed by atoms with E-state index in [-0.39, 0.29) is 0 Å². The monoisotopic (exact) mass is 225 g/mol. The van der Waals surface area contributed by atoms with E-state index in [0.29, 0.717) is 11.8 Å². The number of thioether (sulfide) groups is 1. The Morgan fingerprint density at radius 3 is 2.21 bits per heavy atom. The molecule has 2 N–H and O–H groups in total. The van der Waals surface area contributed by atoms with E-state index < -0.39 is 28.1 Å². The van der Waals surface area contributed by atoms with E-state index in [0.717, 1.165) is 12.1 Å². The predicted molar refractivity (Wildman–Crippen MR) is 47.6 cm³/mol. The molecular weight excluding hydrogens is 218 g/mol. The van der Waals surface area contributed by atoms with Gasteiger partial charge in [0.2, 0.25) is 0 Å². The largest absolute Gasteiger partial charge is 0.419 e. The van der Waals surface area contributed by atoms with E-state index in [4.69, 9.17) is 5.73 Å². The molecule has 0 amide bonds. The molecule has 0 aliphatic heterocycles. The zero-order chi connectivity index (χ0) is 10.9. The van der Waals surface area contributed by atoms with Gasteiger partial charge in [-0.25, -0.2) is 4.39 Å². The molecule has 0 aliphatic rings. The van der Waals surface area contributed by atoms with Gasteiger partial charge in [-0.15, -0.1) is 11.8 Å². The second-order valence-corrected chi connectivity index (χ2v) is 3.36. The topological polar surface area (TPSA) is 26.0 Å². The zero-order valence-electron chi connectivity index (χ0n) is 7.15. The van der Waals surface area contributed by atoms with Gasteiger partial charge >= 0.3 is 6.18 Å². The first-order valence-electron chi connectivity index (χ1n) is 3.57. The summed E-state index contributed by atoms with van der Waals surface area (Å²) in [6, 6.07) is 1.84. The van der Waals surface area contributed by atoms with Crippen LogP contribution >= 0.6 is 11.8 Å². The first kappa shape index (κ1) is 11.2. The van der Waals surface area contributed by atoms with Gasteiger partial charge in [-0.1, -0.05) is 0 Å². The number of alkyl halides is 3. The maximum Gasteiger partial charge on any atom is 0.419 e. The lowest BCUT2D eigenvalue weighted by atomic mass is 10.1. The minimum absolute atomic E-state index is 0.455. The number of nitrogens with two attached hydrogens (primary N) is 1. The molecule has 0 fully saturated rings. The van der Waals surface area contributed by atoms with Crippen molar-refractivity contribution < 1.29 is 17.6 Å². The molecule has 0 bridgehead atoms. The highest BCUT2D eigenvalue weighted by molar-refractivity contribution is 7.98. The van der Waals surface area contributed by atoms with Gasteiger partial charge in [0.05, 0.1) is 10.5 Å². The van der Waals surface area contributed by atoms with Crippen LogP contribution in [0.4, 0.5) is 23.2 Å². The Labute approximate surface area is 82.3 Å². The molecule has 1 rings (SSSR count). The number of halogens is 4. The first-order chi connectivity index (χ1) is 6.38. The lowest BCUT2D eigenvalue weighted by Gasteiger charge is -2.14. The van der Waals surface area contributed by atoms with Gasteiger partial charge in [0.1, 0.15) is 5.82 Å². The Kier molecular flexibility index (Phi) is 2.94. The molecule has 78 valence electrons. The molecule has 1 nitrogen and oxygen atoms in total. The van der Waals surface area contributed by atoms with Crippen molar-refractivity contribution in [1.29, 1.82) is 0 Å². The second-order valence-electron chi connectivity index (χ2n) is 2.54. The van der Waals surface area contributed by atoms with Crippen LogP contribution in [0.1, 0.15) is 5.56 Å². The summed E-state index contributed by atoms with van der Waals surface area (Å²) >= 11 is 0.688. The van der Waals surface area contributed by atoms with E-state index in [1.807, 2.05) is 0 Å². The van der Waals surface area contributed by atoms with Crippen molar-refractivity contribution in [3.63, 3.8) is 0 Å². The van der Waals surface area contributed by atoms with Crippen LogP contribution in [0.3, 0.4) is 0 Å². The molecule has 1 aromatic rings. The highest BCUT2D eigenvalue weighted by Gasteiger charge is 2.36. The maximum absolute atomic E-state index is 13.0. The second kappa shape index (κ2) is 3.68. The standard InChI is InChI=1S/C8H7F4NS/c1-14-7-4(9)2-3-5(13)6(7)8(10,11)12/h2-3H,13H2,1H3. The van der Waals surface area contributed by atoms with Gasteiger partial charge in [-0.05, 0) is 18.4 Å². The van der Waals surface area contributed by atoms with Crippen LogP contribution in [-0.2, 0) is 6.18 Å². The first-order valence-corrected chi connectivity index (χ1v) is 4.79. The van der Waals surface area contributed by atoms with Gasteiger partial charge in [-0.3, -0.25) is 0 Å². The minimum Gasteiger partial charge on any atom is -0.398 e. The lowest BCUT2D eigenvalue weighted by molar-refractivity contribution is -0.139. The van der Waals surface area contributed by atoms with Gasteiger partial charge in [0, 0.05) is 5.69 Å². The third-order valence-corrected chi connectivity index (χ3v) is 2.44. The Bertz CT molecular complexity index is 348. The van der Waals surface area contributed by atoms with Crippen molar-refractivity contribution in [3.05, 3.63) is 23.5 Å². The quantitative estimate of drug-likeness (QED) is 0.451. The van der Waals surface area contributed by atoms with Crippen molar-refractivity contribution in [2.24, 2.45) is 0 Å². The fourth-order valence-electron chi connectivity index (χ4n) is 1.06. The van der Waals surface area contributed by atoms with Gasteiger partial charge in [-0.2, -0.15) is 13.2 Å². The Balaban J connectivity index is 3.46. The van der Waals surface area contributed by atoms with Gasteiger partial charge < -0.3 is 5.73 Å². The van der Waals surface area contributed by atoms with Crippen LogP contribution in [0.15, 0.2) is 17.0 Å². The van der Waals surface area contributed by atoms with E-state index in [2.05, 4.69) is 0 Å². The highest BCUT2D eigenvalue weighted by Crippen LogP contribution is 2.40. The molecule has 6 heteroatoms. The number of hydrogen-bond donors (Lipinski definition) is 1. The fourth-order valence-corrected chi connectivity index (χ4v) is 1.77. The van der Waals surface area contributed by atoms with Crippen molar-refractivity contribution >= 4 is 17.4 Å². The highest BCUT2D eigenvalue weighted by atomic mass is 32.2. The summed E-state index contributed by atoms with van der Waals surface area (Å²) < 4.78 is 50.2. The molecule has 0 unspecified atom stereocenters. The third kappa shape index (κ3) is 1.95. The number of nitrogen functional groups attached to an aromatic ring is 1. The molecule has 0 heterocycles. The molecule has 0 radical (unpaired) electrons. The van der Waals surface area contributed by atoms with Gasteiger partial charge in [0.25, 0.3) is 0 Å². The zero-order valence-corrected chi connectivity index (χ0v) is 7.97. The fraction of sp³-hybridized carbons (Fsp3) is 0.250. The molecule has 0 saturated heterocycles. The van der Waals surface area contributed by atoms with E-state index >= 15 is 0 Å². The Morgan fingerprint density at radius 1 is 1.29 bits per heavy atom. The molecule has 0 saturated carbocycles.